The van der Waals surface area contributed by atoms with Crippen LogP contribution in [-0.4, -0.2) is 0 Å². The lowest BCUT2D eigenvalue weighted by Crippen LogP contribution is -2.10. The third-order valence-electron chi connectivity index (χ3n) is 1.95. The minimum atomic E-state index is 0.715. The van der Waals surface area contributed by atoms with Gasteiger partial charge >= 0.3 is 0 Å². The first-order valence-corrected chi connectivity index (χ1v) is 5.42. The maximum atomic E-state index is 8.65. The van der Waals surface area contributed by atoms with Crippen molar-refractivity contribution in [3.8, 4) is 6.07 Å². The summed E-state index contributed by atoms with van der Waals surface area (Å²) in [6.45, 7) is 1.49. The maximum Gasteiger partial charge on any atom is 0.117 e. The van der Waals surface area contributed by atoms with Gasteiger partial charge in [-0.15, -0.1) is 11.3 Å². The molecule has 0 unspecified atom stereocenters. The molecule has 0 saturated carbocycles. The fraction of sp³-hybridized carbons (Fsp3) is 0.182. The van der Waals surface area contributed by atoms with Gasteiger partial charge in [-0.2, -0.15) is 5.26 Å². The van der Waals surface area contributed by atoms with Crippen molar-refractivity contribution in [3.63, 3.8) is 0 Å². The zero-order valence-electron chi connectivity index (χ0n) is 8.06. The Morgan fingerprint density at radius 3 is 2.93 bits per heavy atom. The highest BCUT2D eigenvalue weighted by Crippen LogP contribution is 2.14. The van der Waals surface area contributed by atoms with Crippen LogP contribution in [0.3, 0.4) is 0 Å². The number of thiophene rings is 1. The average molecular weight is 218 g/mol. The largest absolute Gasteiger partial charge is 0.468 e. The summed E-state index contributed by atoms with van der Waals surface area (Å²) in [5, 5.41) is 11.9. The van der Waals surface area contributed by atoms with Gasteiger partial charge in [-0.05, 0) is 24.3 Å². The van der Waals surface area contributed by atoms with Crippen LogP contribution >= 0.6 is 11.3 Å². The van der Waals surface area contributed by atoms with Crippen molar-refractivity contribution in [2.24, 2.45) is 0 Å². The number of nitriles is 1. The van der Waals surface area contributed by atoms with E-state index in [0.29, 0.717) is 6.54 Å². The smallest absolute Gasteiger partial charge is 0.117 e. The van der Waals surface area contributed by atoms with Gasteiger partial charge < -0.3 is 9.73 Å². The molecular formula is C11H10N2OS. The minimum absolute atomic E-state index is 0.715. The molecule has 0 aliphatic rings. The summed E-state index contributed by atoms with van der Waals surface area (Å²) in [7, 11) is 0. The fourth-order valence-electron chi connectivity index (χ4n) is 1.26. The fourth-order valence-corrected chi connectivity index (χ4v) is 2.03. The van der Waals surface area contributed by atoms with Crippen LogP contribution in [0.25, 0.3) is 0 Å². The van der Waals surface area contributed by atoms with Crippen LogP contribution in [-0.2, 0) is 13.1 Å². The zero-order chi connectivity index (χ0) is 10.5. The van der Waals surface area contributed by atoms with Crippen LogP contribution in [0.15, 0.2) is 34.9 Å². The first-order chi connectivity index (χ1) is 7.38. The summed E-state index contributed by atoms with van der Waals surface area (Å²) in [5.74, 6) is 0.923. The van der Waals surface area contributed by atoms with Gasteiger partial charge in [0.15, 0.2) is 0 Å². The molecule has 15 heavy (non-hydrogen) atoms. The SMILES string of the molecule is N#Cc1ccc(CNCc2ccco2)s1. The highest BCUT2D eigenvalue weighted by molar-refractivity contribution is 7.12. The summed E-state index contributed by atoms with van der Waals surface area (Å²) < 4.78 is 5.19. The number of hydrogen-bond donors (Lipinski definition) is 1. The number of nitrogens with one attached hydrogen (secondary N) is 1. The second kappa shape index (κ2) is 4.78. The van der Waals surface area contributed by atoms with E-state index in [1.807, 2.05) is 24.3 Å². The van der Waals surface area contributed by atoms with Crippen LogP contribution in [0.2, 0.25) is 0 Å². The Bertz CT molecular complexity index is 453. The van der Waals surface area contributed by atoms with Crippen molar-refractivity contribution >= 4 is 11.3 Å². The highest BCUT2D eigenvalue weighted by Gasteiger charge is 1.99. The van der Waals surface area contributed by atoms with Gasteiger partial charge in [0.25, 0.3) is 0 Å². The molecule has 0 fully saturated rings. The predicted molar refractivity (Wildman–Crippen MR) is 58.3 cm³/mol. The van der Waals surface area contributed by atoms with E-state index in [1.165, 1.54) is 11.3 Å². The van der Waals surface area contributed by atoms with Gasteiger partial charge in [0.05, 0.1) is 12.8 Å². The lowest BCUT2D eigenvalue weighted by atomic mass is 10.4. The maximum absolute atomic E-state index is 8.65. The van der Waals surface area contributed by atoms with E-state index in [2.05, 4.69) is 11.4 Å². The normalized spacial score (nSPS) is 10.1. The van der Waals surface area contributed by atoms with Gasteiger partial charge in [-0.1, -0.05) is 0 Å². The molecule has 76 valence electrons. The predicted octanol–water partition coefficient (Wildman–Crippen LogP) is 2.50. The molecule has 1 N–H and O–H groups in total. The first-order valence-electron chi connectivity index (χ1n) is 4.60. The van der Waals surface area contributed by atoms with Gasteiger partial charge in [0, 0.05) is 11.4 Å². The van der Waals surface area contributed by atoms with Gasteiger partial charge in [0.2, 0.25) is 0 Å². The second-order valence-corrected chi connectivity index (χ2v) is 4.23. The van der Waals surface area contributed by atoms with E-state index in [0.717, 1.165) is 22.1 Å². The third kappa shape index (κ3) is 2.69. The summed E-state index contributed by atoms with van der Waals surface area (Å²) in [4.78, 5) is 1.92. The number of nitrogens with zero attached hydrogens (tertiary/aromatic N) is 1. The molecule has 2 aromatic rings. The van der Waals surface area contributed by atoms with E-state index in [1.54, 1.807) is 6.26 Å². The topological polar surface area (TPSA) is 49.0 Å². The molecule has 2 aromatic heterocycles. The summed E-state index contributed by atoms with van der Waals surface area (Å²) in [6.07, 6.45) is 1.66. The van der Waals surface area contributed by atoms with Crippen LogP contribution < -0.4 is 5.32 Å². The summed E-state index contributed by atoms with van der Waals surface area (Å²) in [6, 6.07) is 9.74. The Hall–Kier alpha value is -1.57. The highest BCUT2D eigenvalue weighted by atomic mass is 32.1. The molecule has 0 amide bonds. The molecule has 3 nitrogen and oxygen atoms in total. The van der Waals surface area contributed by atoms with Gasteiger partial charge in [-0.3, -0.25) is 0 Å². The lowest BCUT2D eigenvalue weighted by Gasteiger charge is -1.99. The monoisotopic (exact) mass is 218 g/mol. The van der Waals surface area contributed by atoms with E-state index >= 15 is 0 Å². The zero-order valence-corrected chi connectivity index (χ0v) is 8.88. The Labute approximate surface area is 92.0 Å². The molecule has 0 aliphatic heterocycles. The molecule has 4 heteroatoms. The molecule has 0 spiro atoms. The van der Waals surface area contributed by atoms with Crippen LogP contribution in [0, 0.1) is 11.3 Å². The Kier molecular flexibility index (Phi) is 3.18. The van der Waals surface area contributed by atoms with E-state index in [-0.39, 0.29) is 0 Å². The minimum Gasteiger partial charge on any atom is -0.468 e. The first kappa shape index (κ1) is 9.97. The molecule has 0 aromatic carbocycles. The van der Waals surface area contributed by atoms with Crippen LogP contribution in [0.4, 0.5) is 0 Å². The Balaban J connectivity index is 1.81. The Morgan fingerprint density at radius 1 is 1.33 bits per heavy atom. The number of furan rings is 1. The van der Waals surface area contributed by atoms with Crippen molar-refractivity contribution in [2.75, 3.05) is 0 Å². The summed E-state index contributed by atoms with van der Waals surface area (Å²) in [5.41, 5.74) is 0. The molecule has 0 saturated heterocycles. The standard InChI is InChI=1S/C11H10N2OS/c12-6-10-3-4-11(15-10)8-13-7-9-2-1-5-14-9/h1-5,13H,7-8H2. The molecule has 0 atom stereocenters. The van der Waals surface area contributed by atoms with Gasteiger partial charge in [-0.25, -0.2) is 0 Å². The van der Waals surface area contributed by atoms with Crippen molar-refractivity contribution in [1.29, 1.82) is 5.26 Å². The van der Waals surface area contributed by atoms with E-state index in [4.69, 9.17) is 9.68 Å². The Morgan fingerprint density at radius 2 is 2.27 bits per heavy atom. The number of hydrogen-bond acceptors (Lipinski definition) is 4. The van der Waals surface area contributed by atoms with Crippen molar-refractivity contribution in [1.82, 2.24) is 5.32 Å². The molecular weight excluding hydrogens is 208 g/mol. The average Bonchev–Trinajstić information content (AvgIpc) is 2.88. The van der Waals surface area contributed by atoms with Gasteiger partial charge in [0.1, 0.15) is 16.7 Å². The molecule has 0 radical (unpaired) electrons. The van der Waals surface area contributed by atoms with Crippen molar-refractivity contribution < 1.29 is 4.42 Å². The van der Waals surface area contributed by atoms with Crippen LogP contribution in [0.1, 0.15) is 15.5 Å². The lowest BCUT2D eigenvalue weighted by molar-refractivity contribution is 0.483. The molecule has 0 aliphatic carbocycles. The summed E-state index contributed by atoms with van der Waals surface area (Å²) >= 11 is 1.52. The molecule has 2 rings (SSSR count). The number of rotatable bonds is 4. The second-order valence-electron chi connectivity index (χ2n) is 3.06. The third-order valence-corrected chi connectivity index (χ3v) is 2.94. The van der Waals surface area contributed by atoms with Crippen molar-refractivity contribution in [2.45, 2.75) is 13.1 Å². The van der Waals surface area contributed by atoms with E-state index < -0.39 is 0 Å². The van der Waals surface area contributed by atoms with E-state index in [9.17, 15) is 0 Å². The quantitative estimate of drug-likeness (QED) is 0.857. The van der Waals surface area contributed by atoms with Crippen LogP contribution in [0.5, 0.6) is 0 Å². The van der Waals surface area contributed by atoms with Crippen molar-refractivity contribution in [3.05, 3.63) is 46.0 Å². The molecule has 0 bridgehead atoms. The molecule has 2 heterocycles.